The predicted molar refractivity (Wildman–Crippen MR) is 124 cm³/mol. The Labute approximate surface area is 184 Å². The molecule has 8 nitrogen and oxygen atoms in total. The van der Waals surface area contributed by atoms with E-state index in [-0.39, 0.29) is 0 Å². The van der Waals surface area contributed by atoms with Crippen molar-refractivity contribution in [3.8, 4) is 22.8 Å². The molecule has 1 aliphatic rings. The average Bonchev–Trinajstić information content (AvgIpc) is 3.58. The lowest BCUT2D eigenvalue weighted by molar-refractivity contribution is 0.489. The van der Waals surface area contributed by atoms with Gasteiger partial charge in [-0.15, -0.1) is 0 Å². The number of H-pyrrole nitrogens is 2. The summed E-state index contributed by atoms with van der Waals surface area (Å²) in [4.78, 5) is 21.2. The van der Waals surface area contributed by atoms with Gasteiger partial charge in [-0.05, 0) is 49.1 Å². The zero-order valence-corrected chi connectivity index (χ0v) is 17.7. The third-order valence-corrected chi connectivity index (χ3v) is 6.28. The number of hydrogen-bond donors (Lipinski definition) is 3. The van der Waals surface area contributed by atoms with E-state index in [0.29, 0.717) is 5.82 Å². The molecule has 8 heteroatoms. The standard InChI is InChI=1S/C24H24N8/c1-2-4-15(3-1)9-26-10-16-7-17(12-27-11-16)20-8-18-21(14-28-20)31-32-23(18)24-29-19-5-6-25-13-22(19)30-24/h5-8,11-15,26H,1-4,9-10H2,(H,29,30)(H,31,32). The summed E-state index contributed by atoms with van der Waals surface area (Å²) in [6, 6.07) is 6.09. The molecular formula is C24H24N8. The van der Waals surface area contributed by atoms with Crippen molar-refractivity contribution in [1.82, 2.24) is 40.4 Å². The number of imidazole rings is 1. The van der Waals surface area contributed by atoms with Crippen LogP contribution in [0.1, 0.15) is 31.2 Å². The smallest absolute Gasteiger partial charge is 0.159 e. The van der Waals surface area contributed by atoms with Crippen LogP contribution in [0.15, 0.2) is 49.2 Å². The number of pyridine rings is 3. The maximum absolute atomic E-state index is 4.67. The van der Waals surface area contributed by atoms with Crippen LogP contribution in [0.5, 0.6) is 0 Å². The molecule has 5 aromatic heterocycles. The van der Waals surface area contributed by atoms with Gasteiger partial charge in [0.2, 0.25) is 0 Å². The first-order valence-electron chi connectivity index (χ1n) is 11.1. The lowest BCUT2D eigenvalue weighted by atomic mass is 10.1. The van der Waals surface area contributed by atoms with Crippen LogP contribution in [0, 0.1) is 5.92 Å². The van der Waals surface area contributed by atoms with E-state index in [0.717, 1.165) is 57.9 Å². The highest BCUT2D eigenvalue weighted by molar-refractivity contribution is 5.94. The molecule has 0 bridgehead atoms. The van der Waals surface area contributed by atoms with E-state index in [9.17, 15) is 0 Å². The van der Waals surface area contributed by atoms with Gasteiger partial charge in [0.25, 0.3) is 0 Å². The van der Waals surface area contributed by atoms with E-state index in [1.807, 2.05) is 30.7 Å². The third-order valence-electron chi connectivity index (χ3n) is 6.28. The number of fused-ring (bicyclic) bond motifs is 2. The van der Waals surface area contributed by atoms with Crippen molar-refractivity contribution in [2.24, 2.45) is 5.92 Å². The van der Waals surface area contributed by atoms with Gasteiger partial charge in [0.1, 0.15) is 5.69 Å². The molecule has 1 saturated carbocycles. The lowest BCUT2D eigenvalue weighted by Gasteiger charge is -2.11. The molecule has 0 aliphatic heterocycles. The van der Waals surface area contributed by atoms with Gasteiger partial charge in [-0.1, -0.05) is 12.8 Å². The molecule has 0 unspecified atom stereocenters. The summed E-state index contributed by atoms with van der Waals surface area (Å²) in [6.45, 7) is 1.91. The van der Waals surface area contributed by atoms with Crippen molar-refractivity contribution >= 4 is 21.9 Å². The largest absolute Gasteiger partial charge is 0.335 e. The Hall–Kier alpha value is -3.65. The van der Waals surface area contributed by atoms with Gasteiger partial charge >= 0.3 is 0 Å². The number of aromatic nitrogens is 7. The summed E-state index contributed by atoms with van der Waals surface area (Å²) < 4.78 is 0. The number of aromatic amines is 2. The van der Waals surface area contributed by atoms with Gasteiger partial charge in [0, 0.05) is 36.1 Å². The van der Waals surface area contributed by atoms with Crippen LogP contribution >= 0.6 is 0 Å². The fourth-order valence-corrected chi connectivity index (χ4v) is 4.58. The average molecular weight is 425 g/mol. The molecule has 5 heterocycles. The Bertz CT molecular complexity index is 1350. The molecule has 5 aromatic rings. The summed E-state index contributed by atoms with van der Waals surface area (Å²) in [5.74, 6) is 1.53. The van der Waals surface area contributed by atoms with Gasteiger partial charge in [-0.2, -0.15) is 5.10 Å². The molecule has 0 radical (unpaired) electrons. The van der Waals surface area contributed by atoms with Crippen LogP contribution in [-0.4, -0.2) is 41.7 Å². The highest BCUT2D eigenvalue weighted by Gasteiger charge is 2.16. The Balaban J connectivity index is 1.28. The van der Waals surface area contributed by atoms with Crippen LogP contribution in [0.2, 0.25) is 0 Å². The predicted octanol–water partition coefficient (Wildman–Crippen LogP) is 4.24. The second-order valence-corrected chi connectivity index (χ2v) is 8.53. The second kappa shape index (κ2) is 8.12. The summed E-state index contributed by atoms with van der Waals surface area (Å²) in [5, 5.41) is 12.1. The SMILES string of the molecule is c1cc2nc(-c3n[nH]c4cnc(-c5cncc(CNCC6CCCC6)c5)cc34)[nH]c2cn1. The minimum atomic E-state index is 0.708. The molecule has 0 aromatic carbocycles. The van der Waals surface area contributed by atoms with Crippen molar-refractivity contribution in [3.63, 3.8) is 0 Å². The van der Waals surface area contributed by atoms with E-state index in [1.165, 1.54) is 31.2 Å². The molecule has 0 saturated heterocycles. The lowest BCUT2D eigenvalue weighted by Crippen LogP contribution is -2.20. The topological polar surface area (TPSA) is 108 Å². The highest BCUT2D eigenvalue weighted by atomic mass is 15.1. The Morgan fingerprint density at radius 3 is 2.84 bits per heavy atom. The second-order valence-electron chi connectivity index (χ2n) is 8.53. The molecule has 0 atom stereocenters. The Kier molecular flexibility index (Phi) is 4.84. The van der Waals surface area contributed by atoms with Gasteiger partial charge in [0.15, 0.2) is 5.82 Å². The third kappa shape index (κ3) is 3.62. The van der Waals surface area contributed by atoms with Crippen molar-refractivity contribution < 1.29 is 0 Å². The minimum absolute atomic E-state index is 0.708. The zero-order chi connectivity index (χ0) is 21.3. The summed E-state index contributed by atoms with van der Waals surface area (Å²) in [7, 11) is 0. The van der Waals surface area contributed by atoms with Crippen molar-refractivity contribution in [2.75, 3.05) is 6.54 Å². The minimum Gasteiger partial charge on any atom is -0.335 e. The van der Waals surface area contributed by atoms with Crippen molar-refractivity contribution in [1.29, 1.82) is 0 Å². The van der Waals surface area contributed by atoms with Crippen LogP contribution in [-0.2, 0) is 6.54 Å². The molecule has 1 aliphatic carbocycles. The molecule has 32 heavy (non-hydrogen) atoms. The number of hydrogen-bond acceptors (Lipinski definition) is 6. The summed E-state index contributed by atoms with van der Waals surface area (Å²) in [6.07, 6.45) is 14.6. The van der Waals surface area contributed by atoms with Gasteiger partial charge in [-0.25, -0.2) is 4.98 Å². The van der Waals surface area contributed by atoms with Crippen LogP contribution < -0.4 is 5.32 Å². The van der Waals surface area contributed by atoms with E-state index in [4.69, 9.17) is 0 Å². The van der Waals surface area contributed by atoms with Crippen LogP contribution in [0.3, 0.4) is 0 Å². The van der Waals surface area contributed by atoms with Crippen molar-refractivity contribution in [2.45, 2.75) is 32.2 Å². The normalized spacial score (nSPS) is 14.6. The highest BCUT2D eigenvalue weighted by Crippen LogP contribution is 2.29. The molecule has 160 valence electrons. The molecule has 6 rings (SSSR count). The van der Waals surface area contributed by atoms with Gasteiger partial charge in [0.05, 0.1) is 34.6 Å². The maximum Gasteiger partial charge on any atom is 0.159 e. The summed E-state index contributed by atoms with van der Waals surface area (Å²) in [5.41, 5.74) is 6.40. The quantitative estimate of drug-likeness (QED) is 0.376. The van der Waals surface area contributed by atoms with Gasteiger partial charge < -0.3 is 10.3 Å². The Morgan fingerprint density at radius 2 is 1.94 bits per heavy atom. The zero-order valence-electron chi connectivity index (χ0n) is 17.7. The number of nitrogens with zero attached hydrogens (tertiary/aromatic N) is 5. The van der Waals surface area contributed by atoms with E-state index >= 15 is 0 Å². The molecular weight excluding hydrogens is 400 g/mol. The molecule has 1 fully saturated rings. The fourth-order valence-electron chi connectivity index (χ4n) is 4.58. The van der Waals surface area contributed by atoms with E-state index in [2.05, 4.69) is 46.5 Å². The molecule has 3 N–H and O–H groups in total. The van der Waals surface area contributed by atoms with Crippen LogP contribution in [0.25, 0.3) is 44.7 Å². The molecule has 0 spiro atoms. The monoisotopic (exact) mass is 424 g/mol. The first-order chi connectivity index (χ1) is 15.8. The molecule has 0 amide bonds. The maximum atomic E-state index is 4.67. The first kappa shape index (κ1) is 19.1. The number of nitrogens with one attached hydrogen (secondary N) is 3. The number of rotatable bonds is 6. The van der Waals surface area contributed by atoms with Crippen LogP contribution in [0.4, 0.5) is 0 Å². The van der Waals surface area contributed by atoms with E-state index in [1.54, 1.807) is 12.4 Å². The Morgan fingerprint density at radius 1 is 1.00 bits per heavy atom. The first-order valence-corrected chi connectivity index (χ1v) is 11.1. The van der Waals surface area contributed by atoms with Gasteiger partial charge in [-0.3, -0.25) is 20.1 Å². The fraction of sp³-hybridized carbons (Fsp3) is 0.292. The summed E-state index contributed by atoms with van der Waals surface area (Å²) >= 11 is 0. The van der Waals surface area contributed by atoms with Crippen molar-refractivity contribution in [3.05, 3.63) is 54.7 Å². The van der Waals surface area contributed by atoms with E-state index < -0.39 is 0 Å².